The molecule has 0 saturated carbocycles. The summed E-state index contributed by atoms with van der Waals surface area (Å²) < 4.78 is -0.0578. The second-order valence-corrected chi connectivity index (χ2v) is 6.47. The average Bonchev–Trinajstić information content (AvgIpc) is 2.82. The molecule has 1 fully saturated rings. The number of carbonyl (C=O) groups is 1. The third kappa shape index (κ3) is 2.05. The van der Waals surface area contributed by atoms with E-state index in [1.54, 1.807) is 0 Å². The van der Waals surface area contributed by atoms with Crippen LogP contribution in [0, 0.1) is 11.8 Å². The lowest BCUT2D eigenvalue weighted by Gasteiger charge is -2.38. The molecule has 0 aromatic heterocycles. The van der Waals surface area contributed by atoms with E-state index in [1.807, 2.05) is 17.8 Å². The number of nitrogens with zero attached hydrogens (tertiary/aromatic N) is 1. The fraction of sp³-hybridized carbons (Fsp3) is 0.571. The van der Waals surface area contributed by atoms with Crippen molar-refractivity contribution in [1.82, 2.24) is 5.32 Å². The van der Waals surface area contributed by atoms with Crippen LogP contribution in [0.2, 0.25) is 0 Å². The summed E-state index contributed by atoms with van der Waals surface area (Å²) in [6, 6.07) is 0. The van der Waals surface area contributed by atoms with Gasteiger partial charge >= 0.3 is 0 Å². The van der Waals surface area contributed by atoms with Crippen molar-refractivity contribution in [3.05, 3.63) is 24.3 Å². The molecule has 3 N–H and O–H groups in total. The first-order chi connectivity index (χ1) is 9.28. The van der Waals surface area contributed by atoms with E-state index < -0.39 is 0 Å². The number of allylic oxidation sites excluding steroid dienone is 3. The van der Waals surface area contributed by atoms with Crippen LogP contribution < -0.4 is 11.1 Å². The molecule has 102 valence electrons. The summed E-state index contributed by atoms with van der Waals surface area (Å²) in [5.74, 6) is 1.48. The van der Waals surface area contributed by atoms with Gasteiger partial charge in [0, 0.05) is 25.4 Å². The highest BCUT2D eigenvalue weighted by atomic mass is 32.2. The lowest BCUT2D eigenvalue weighted by atomic mass is 9.74. The van der Waals surface area contributed by atoms with E-state index in [0.29, 0.717) is 19.0 Å². The molecule has 1 spiro atoms. The predicted octanol–water partition coefficient (Wildman–Crippen LogP) is 0.750. The van der Waals surface area contributed by atoms with Crippen LogP contribution in [0.4, 0.5) is 0 Å². The van der Waals surface area contributed by atoms with Gasteiger partial charge in [-0.2, -0.15) is 0 Å². The van der Waals surface area contributed by atoms with Crippen LogP contribution in [0.3, 0.4) is 0 Å². The van der Waals surface area contributed by atoms with Gasteiger partial charge in [-0.1, -0.05) is 18.2 Å². The molecular weight excluding hydrogens is 258 g/mol. The summed E-state index contributed by atoms with van der Waals surface area (Å²) in [4.78, 5) is 16.9. The Morgan fingerprint density at radius 1 is 1.58 bits per heavy atom. The molecule has 3 unspecified atom stereocenters. The maximum Gasteiger partial charge on any atom is 0.224 e. The summed E-state index contributed by atoms with van der Waals surface area (Å²) in [6.07, 6.45) is 9.45. The Morgan fingerprint density at radius 2 is 2.47 bits per heavy atom. The number of hydrogen-bond acceptors (Lipinski definition) is 4. The molecule has 0 bridgehead atoms. The Morgan fingerprint density at radius 3 is 3.32 bits per heavy atom. The number of nitrogens with one attached hydrogen (secondary N) is 1. The van der Waals surface area contributed by atoms with Gasteiger partial charge in [0.15, 0.2) is 0 Å². The molecule has 4 nitrogen and oxygen atoms in total. The molecule has 1 amide bonds. The fourth-order valence-electron chi connectivity index (χ4n) is 3.25. The molecule has 19 heavy (non-hydrogen) atoms. The Balaban J connectivity index is 1.83. The quantitative estimate of drug-likeness (QED) is 0.800. The lowest BCUT2D eigenvalue weighted by Crippen LogP contribution is -2.46. The summed E-state index contributed by atoms with van der Waals surface area (Å²) in [7, 11) is 0. The number of nitrogens with two attached hydrogens (primary N) is 1. The molecular formula is C14H19N3OS. The molecule has 0 aromatic carbocycles. The summed E-state index contributed by atoms with van der Waals surface area (Å²) in [6.45, 7) is 1.90. The largest absolute Gasteiger partial charge is 0.355 e. The zero-order valence-electron chi connectivity index (χ0n) is 10.8. The SMILES string of the molecule is NCCNC(=O)C1CSC23C=CC=CC2=NCCC13. The van der Waals surface area contributed by atoms with Crippen molar-refractivity contribution in [2.45, 2.75) is 11.2 Å². The van der Waals surface area contributed by atoms with Gasteiger partial charge in [0.05, 0.1) is 16.4 Å². The topological polar surface area (TPSA) is 67.5 Å². The first kappa shape index (κ1) is 12.9. The Hall–Kier alpha value is -1.07. The van der Waals surface area contributed by atoms with Crippen molar-refractivity contribution in [2.24, 2.45) is 22.6 Å². The highest BCUT2D eigenvalue weighted by molar-refractivity contribution is 8.02. The molecule has 0 radical (unpaired) electrons. The molecule has 3 rings (SSSR count). The fourth-order valence-corrected chi connectivity index (χ4v) is 5.04. The molecule has 3 atom stereocenters. The van der Waals surface area contributed by atoms with E-state index in [4.69, 9.17) is 5.73 Å². The van der Waals surface area contributed by atoms with E-state index in [2.05, 4.69) is 28.5 Å². The number of aliphatic imine (C=N–C) groups is 1. The zero-order valence-corrected chi connectivity index (χ0v) is 11.7. The van der Waals surface area contributed by atoms with Crippen LogP contribution in [0.5, 0.6) is 0 Å². The highest BCUT2D eigenvalue weighted by Gasteiger charge is 2.53. The molecule has 1 saturated heterocycles. The maximum absolute atomic E-state index is 12.3. The second kappa shape index (κ2) is 5.13. The number of rotatable bonds is 3. The van der Waals surface area contributed by atoms with Crippen molar-refractivity contribution >= 4 is 23.4 Å². The first-order valence-electron chi connectivity index (χ1n) is 6.80. The molecule has 3 aliphatic rings. The van der Waals surface area contributed by atoms with Crippen LogP contribution in [-0.4, -0.2) is 41.8 Å². The Kier molecular flexibility index (Phi) is 3.50. The number of carbonyl (C=O) groups excluding carboxylic acids is 1. The third-order valence-electron chi connectivity index (χ3n) is 4.15. The van der Waals surface area contributed by atoms with Crippen LogP contribution in [0.15, 0.2) is 29.3 Å². The number of hydrogen-bond donors (Lipinski definition) is 2. The van der Waals surface area contributed by atoms with Gasteiger partial charge < -0.3 is 11.1 Å². The van der Waals surface area contributed by atoms with E-state index in [0.717, 1.165) is 24.4 Å². The average molecular weight is 277 g/mol. The Labute approximate surface area is 117 Å². The summed E-state index contributed by atoms with van der Waals surface area (Å²) in [5, 5.41) is 2.94. The minimum absolute atomic E-state index is 0.0578. The van der Waals surface area contributed by atoms with Crippen LogP contribution >= 0.6 is 11.8 Å². The lowest BCUT2D eigenvalue weighted by molar-refractivity contribution is -0.125. The van der Waals surface area contributed by atoms with Gasteiger partial charge in [-0.15, -0.1) is 11.8 Å². The molecule has 1 aliphatic carbocycles. The van der Waals surface area contributed by atoms with Gasteiger partial charge in [-0.25, -0.2) is 0 Å². The summed E-state index contributed by atoms with van der Waals surface area (Å²) >= 11 is 1.87. The molecule has 2 heterocycles. The van der Waals surface area contributed by atoms with Gasteiger partial charge in [-0.3, -0.25) is 9.79 Å². The van der Waals surface area contributed by atoms with E-state index in [9.17, 15) is 4.79 Å². The van der Waals surface area contributed by atoms with Gasteiger partial charge in [0.25, 0.3) is 0 Å². The van der Waals surface area contributed by atoms with Gasteiger partial charge in [0.1, 0.15) is 0 Å². The third-order valence-corrected chi connectivity index (χ3v) is 5.80. The minimum atomic E-state index is -0.0578. The standard InChI is InChI=1S/C14H19N3OS/c15-6-8-17-13(18)10-9-19-14-5-2-1-3-12(14)16-7-4-11(10)14/h1-3,5,10-11H,4,6-9,15H2,(H,17,18). The van der Waals surface area contributed by atoms with E-state index in [-0.39, 0.29) is 16.6 Å². The normalized spacial score (nSPS) is 35.5. The molecule has 0 aromatic rings. The summed E-state index contributed by atoms with van der Waals surface area (Å²) in [5.41, 5.74) is 6.60. The van der Waals surface area contributed by atoms with E-state index >= 15 is 0 Å². The minimum Gasteiger partial charge on any atom is -0.355 e. The predicted molar refractivity (Wildman–Crippen MR) is 79.4 cm³/mol. The maximum atomic E-state index is 12.3. The monoisotopic (exact) mass is 277 g/mol. The zero-order chi connectivity index (χ0) is 13.3. The van der Waals surface area contributed by atoms with Crippen molar-refractivity contribution in [3.63, 3.8) is 0 Å². The van der Waals surface area contributed by atoms with E-state index in [1.165, 1.54) is 0 Å². The Bertz CT molecular complexity index is 471. The number of amides is 1. The van der Waals surface area contributed by atoms with Crippen LogP contribution in [0.1, 0.15) is 6.42 Å². The van der Waals surface area contributed by atoms with Crippen molar-refractivity contribution in [2.75, 3.05) is 25.4 Å². The highest BCUT2D eigenvalue weighted by Crippen LogP contribution is 2.52. The first-order valence-corrected chi connectivity index (χ1v) is 7.79. The van der Waals surface area contributed by atoms with Crippen LogP contribution in [0.25, 0.3) is 0 Å². The van der Waals surface area contributed by atoms with Gasteiger partial charge in [-0.05, 0) is 18.4 Å². The molecule has 5 heteroatoms. The van der Waals surface area contributed by atoms with Crippen LogP contribution in [-0.2, 0) is 4.79 Å². The number of thioether (sulfide) groups is 1. The smallest absolute Gasteiger partial charge is 0.224 e. The van der Waals surface area contributed by atoms with Crippen molar-refractivity contribution in [1.29, 1.82) is 0 Å². The van der Waals surface area contributed by atoms with Crippen molar-refractivity contribution in [3.8, 4) is 0 Å². The van der Waals surface area contributed by atoms with Crippen molar-refractivity contribution < 1.29 is 4.79 Å². The second-order valence-electron chi connectivity index (χ2n) is 5.17. The van der Waals surface area contributed by atoms with Gasteiger partial charge in [0.2, 0.25) is 5.91 Å². The molecule has 2 aliphatic heterocycles.